The van der Waals surface area contributed by atoms with Crippen molar-refractivity contribution in [2.24, 2.45) is 0 Å². The Balaban J connectivity index is 1.94. The topological polar surface area (TPSA) is 56.5 Å². The lowest BCUT2D eigenvalue weighted by Crippen LogP contribution is -2.16. The second-order valence-corrected chi connectivity index (χ2v) is 7.90. The summed E-state index contributed by atoms with van der Waals surface area (Å²) in [6, 6.07) is 16.4. The van der Waals surface area contributed by atoms with Gasteiger partial charge in [-0.25, -0.2) is 4.79 Å². The highest BCUT2D eigenvalue weighted by molar-refractivity contribution is 6.38. The van der Waals surface area contributed by atoms with Gasteiger partial charge in [0.15, 0.2) is 11.3 Å². The second-order valence-electron chi connectivity index (χ2n) is 6.62. The Morgan fingerprint density at radius 1 is 0.933 bits per heavy atom. The molecule has 0 saturated heterocycles. The van der Waals surface area contributed by atoms with Gasteiger partial charge in [-0.3, -0.25) is 4.79 Å². The van der Waals surface area contributed by atoms with Crippen molar-refractivity contribution in [2.45, 2.75) is 6.92 Å². The molecule has 0 radical (unpaired) electrons. The van der Waals surface area contributed by atoms with Gasteiger partial charge in [0, 0.05) is 15.6 Å². The average molecular weight is 460 g/mol. The lowest BCUT2D eigenvalue weighted by Gasteiger charge is -2.12. The number of carbonyl (C=O) groups is 1. The highest BCUT2D eigenvalue weighted by atomic mass is 35.5. The van der Waals surface area contributed by atoms with Crippen LogP contribution in [-0.4, -0.2) is 5.97 Å². The van der Waals surface area contributed by atoms with Crippen LogP contribution >= 0.6 is 34.8 Å². The molecular formula is C23H13Cl3O4. The van der Waals surface area contributed by atoms with Gasteiger partial charge in [-0.05, 0) is 37.3 Å². The Morgan fingerprint density at radius 2 is 1.67 bits per heavy atom. The molecule has 1 aromatic heterocycles. The first-order valence-corrected chi connectivity index (χ1v) is 9.97. The smallest absolute Gasteiger partial charge is 0.343 e. The highest BCUT2D eigenvalue weighted by Gasteiger charge is 2.23. The van der Waals surface area contributed by atoms with Gasteiger partial charge in [-0.15, -0.1) is 0 Å². The van der Waals surface area contributed by atoms with Gasteiger partial charge < -0.3 is 9.15 Å². The monoisotopic (exact) mass is 458 g/mol. The third-order valence-corrected chi connectivity index (χ3v) is 5.17. The van der Waals surface area contributed by atoms with Crippen LogP contribution in [-0.2, 0) is 0 Å². The average Bonchev–Trinajstić information content (AvgIpc) is 2.71. The van der Waals surface area contributed by atoms with Crippen LogP contribution in [0.5, 0.6) is 5.75 Å². The Morgan fingerprint density at radius 3 is 2.37 bits per heavy atom. The van der Waals surface area contributed by atoms with E-state index in [1.807, 2.05) is 19.1 Å². The van der Waals surface area contributed by atoms with E-state index in [1.54, 1.807) is 24.3 Å². The molecule has 0 aliphatic rings. The van der Waals surface area contributed by atoms with Crippen LogP contribution in [0.25, 0.3) is 22.3 Å². The Hall–Kier alpha value is -2.79. The molecule has 0 atom stereocenters. The lowest BCUT2D eigenvalue weighted by atomic mass is 10.1. The van der Waals surface area contributed by atoms with Crippen molar-refractivity contribution < 1.29 is 13.9 Å². The predicted octanol–water partition coefficient (Wildman–Crippen LogP) is 6.95. The molecule has 3 aromatic carbocycles. The molecule has 0 spiro atoms. The number of fused-ring (bicyclic) bond motifs is 1. The summed E-state index contributed by atoms with van der Waals surface area (Å²) in [6.45, 7) is 1.93. The minimum absolute atomic E-state index is 0.0899. The number of carbonyl (C=O) groups excluding carboxylic acids is 1. The molecule has 0 N–H and O–H groups in total. The van der Waals surface area contributed by atoms with E-state index in [4.69, 9.17) is 44.0 Å². The number of hydrogen-bond donors (Lipinski definition) is 0. The van der Waals surface area contributed by atoms with Gasteiger partial charge in [0.05, 0.1) is 16.0 Å². The summed E-state index contributed by atoms with van der Waals surface area (Å²) >= 11 is 18.3. The number of halogens is 3. The van der Waals surface area contributed by atoms with E-state index in [0.29, 0.717) is 10.6 Å². The molecule has 0 saturated carbocycles. The van der Waals surface area contributed by atoms with E-state index in [-0.39, 0.29) is 38.1 Å². The number of hydrogen-bond acceptors (Lipinski definition) is 4. The molecule has 1 heterocycles. The largest absolute Gasteiger partial charge is 0.450 e. The Kier molecular flexibility index (Phi) is 5.56. The minimum Gasteiger partial charge on any atom is -0.450 e. The van der Waals surface area contributed by atoms with E-state index >= 15 is 0 Å². The fourth-order valence-electron chi connectivity index (χ4n) is 2.96. The van der Waals surface area contributed by atoms with E-state index < -0.39 is 11.4 Å². The first kappa shape index (κ1) is 20.5. The summed E-state index contributed by atoms with van der Waals surface area (Å²) in [6.07, 6.45) is 0. The number of ether oxygens (including phenoxy) is 1. The van der Waals surface area contributed by atoms with Gasteiger partial charge in [0.2, 0.25) is 11.2 Å². The molecule has 0 fully saturated rings. The zero-order valence-corrected chi connectivity index (χ0v) is 17.8. The van der Waals surface area contributed by atoms with E-state index in [9.17, 15) is 9.59 Å². The zero-order chi connectivity index (χ0) is 21.4. The number of esters is 1. The third-order valence-electron chi connectivity index (χ3n) is 4.44. The SMILES string of the molecule is Cc1ccc(-c2oc3c(Cl)cc(Cl)cc3c(=O)c2OC(=O)c2cccc(Cl)c2)cc1. The third kappa shape index (κ3) is 3.94. The van der Waals surface area contributed by atoms with Crippen molar-refractivity contribution >= 4 is 51.7 Å². The first-order chi connectivity index (χ1) is 14.3. The molecule has 0 aliphatic heterocycles. The summed E-state index contributed by atoms with van der Waals surface area (Å²) in [5.74, 6) is -0.910. The van der Waals surface area contributed by atoms with Gasteiger partial charge in [0.1, 0.15) is 0 Å². The maximum Gasteiger partial charge on any atom is 0.343 e. The number of aryl methyl sites for hydroxylation is 1. The van der Waals surface area contributed by atoms with Gasteiger partial charge in [-0.2, -0.15) is 0 Å². The normalized spacial score (nSPS) is 10.9. The fraction of sp³-hybridized carbons (Fsp3) is 0.0435. The predicted molar refractivity (Wildman–Crippen MR) is 119 cm³/mol. The molecule has 0 unspecified atom stereocenters. The van der Waals surface area contributed by atoms with Crippen LogP contribution in [0.3, 0.4) is 0 Å². The first-order valence-electron chi connectivity index (χ1n) is 8.84. The van der Waals surface area contributed by atoms with Crippen molar-refractivity contribution in [3.8, 4) is 17.1 Å². The molecule has 4 rings (SSSR count). The quantitative estimate of drug-likeness (QED) is 0.311. The summed E-state index contributed by atoms with van der Waals surface area (Å²) in [5.41, 5.74) is 1.36. The van der Waals surface area contributed by atoms with Crippen molar-refractivity contribution in [1.82, 2.24) is 0 Å². The van der Waals surface area contributed by atoms with E-state index in [2.05, 4.69) is 0 Å². The van der Waals surface area contributed by atoms with Crippen LogP contribution < -0.4 is 10.2 Å². The number of rotatable bonds is 3. The Bertz CT molecular complexity index is 1340. The van der Waals surface area contributed by atoms with E-state index in [0.717, 1.165) is 5.56 Å². The molecule has 150 valence electrons. The van der Waals surface area contributed by atoms with Gasteiger partial charge in [0.25, 0.3) is 0 Å². The maximum atomic E-state index is 13.2. The summed E-state index contributed by atoms with van der Waals surface area (Å²) < 4.78 is 11.5. The van der Waals surface area contributed by atoms with Crippen molar-refractivity contribution in [1.29, 1.82) is 0 Å². The number of benzene rings is 3. The fourth-order valence-corrected chi connectivity index (χ4v) is 3.68. The van der Waals surface area contributed by atoms with Gasteiger partial charge >= 0.3 is 5.97 Å². The zero-order valence-electron chi connectivity index (χ0n) is 15.5. The molecule has 7 heteroatoms. The molecule has 30 heavy (non-hydrogen) atoms. The molecule has 4 aromatic rings. The maximum absolute atomic E-state index is 13.2. The lowest BCUT2D eigenvalue weighted by molar-refractivity contribution is 0.0731. The Labute approximate surface area is 186 Å². The van der Waals surface area contributed by atoms with Crippen LogP contribution in [0, 0.1) is 6.92 Å². The van der Waals surface area contributed by atoms with Crippen LogP contribution in [0.15, 0.2) is 69.9 Å². The summed E-state index contributed by atoms with van der Waals surface area (Å²) in [5, 5.41) is 0.912. The van der Waals surface area contributed by atoms with Crippen LogP contribution in [0.2, 0.25) is 15.1 Å². The van der Waals surface area contributed by atoms with E-state index in [1.165, 1.54) is 24.3 Å². The van der Waals surface area contributed by atoms with Gasteiger partial charge in [-0.1, -0.05) is 70.7 Å². The minimum atomic E-state index is -0.745. The van der Waals surface area contributed by atoms with Crippen LogP contribution in [0.4, 0.5) is 0 Å². The second kappa shape index (κ2) is 8.15. The molecule has 0 aliphatic carbocycles. The summed E-state index contributed by atoms with van der Waals surface area (Å²) in [4.78, 5) is 26.0. The standard InChI is InChI=1S/C23H13Cl3O4/c1-12-5-7-13(8-6-12)20-22(30-23(28)14-3-2-4-15(24)9-14)19(27)17-10-16(25)11-18(26)21(17)29-20/h2-11H,1H3. The molecular weight excluding hydrogens is 447 g/mol. The highest BCUT2D eigenvalue weighted by Crippen LogP contribution is 2.35. The molecule has 0 bridgehead atoms. The van der Waals surface area contributed by atoms with Crippen molar-refractivity contribution in [3.05, 3.63) is 97.1 Å². The van der Waals surface area contributed by atoms with Crippen LogP contribution in [0.1, 0.15) is 15.9 Å². The molecule has 4 nitrogen and oxygen atoms in total. The molecule has 0 amide bonds. The summed E-state index contributed by atoms with van der Waals surface area (Å²) in [7, 11) is 0. The van der Waals surface area contributed by atoms with Crippen molar-refractivity contribution in [3.63, 3.8) is 0 Å². The van der Waals surface area contributed by atoms with Crippen molar-refractivity contribution in [2.75, 3.05) is 0 Å².